The van der Waals surface area contributed by atoms with Crippen LogP contribution in [0.15, 0.2) is 85.6 Å². The first kappa shape index (κ1) is 36.7. The maximum atomic E-state index is 9.80. The third-order valence-corrected chi connectivity index (χ3v) is 9.49. The zero-order valence-corrected chi connectivity index (χ0v) is 30.3. The fourth-order valence-corrected chi connectivity index (χ4v) is 6.57. The smallest absolute Gasteiger partial charge is 0.142 e. The van der Waals surface area contributed by atoms with Gasteiger partial charge in [-0.15, -0.1) is 0 Å². The molecule has 0 spiro atoms. The Kier molecular flexibility index (Phi) is 12.7. The molecule has 2 aromatic heterocycles. The first-order valence-corrected chi connectivity index (χ1v) is 17.8. The Hall–Kier alpha value is -5.05. The van der Waals surface area contributed by atoms with Crippen molar-refractivity contribution >= 4 is 11.6 Å². The van der Waals surface area contributed by atoms with Crippen molar-refractivity contribution in [3.63, 3.8) is 0 Å². The summed E-state index contributed by atoms with van der Waals surface area (Å²) >= 11 is 6.82. The van der Waals surface area contributed by atoms with Gasteiger partial charge < -0.3 is 29.5 Å². The summed E-state index contributed by atoms with van der Waals surface area (Å²) in [5.41, 5.74) is 8.35. The van der Waals surface area contributed by atoms with Crippen molar-refractivity contribution in [2.45, 2.75) is 59.1 Å². The average molecular weight is 719 g/mol. The number of β-amino-alcohol motifs (C(OH)–C–C–N with tert-alkyl or cyclic N) is 1. The second-order valence-corrected chi connectivity index (χ2v) is 13.3. The number of likely N-dealkylation sites (tertiary alicyclic amines) is 1. The van der Waals surface area contributed by atoms with Crippen LogP contribution in [0.1, 0.15) is 51.9 Å². The number of halogens is 1. The average Bonchev–Trinajstić information content (AvgIpc) is 3.58. The molecule has 1 saturated heterocycles. The maximum Gasteiger partial charge on any atom is 0.142 e. The van der Waals surface area contributed by atoms with E-state index in [9.17, 15) is 10.4 Å². The van der Waals surface area contributed by atoms with Crippen LogP contribution < -0.4 is 19.5 Å². The number of rotatable bonds is 16. The third kappa shape index (κ3) is 9.63. The molecule has 268 valence electrons. The first-order chi connectivity index (χ1) is 25.4. The van der Waals surface area contributed by atoms with Crippen molar-refractivity contribution in [2.24, 2.45) is 0 Å². The number of aliphatic hydroxyl groups is 1. The molecule has 52 heavy (non-hydrogen) atoms. The SMILES string of the molecule is Cc1c(COc2cc(OCc3cncc(C#N)c3)c(CNCc3cnccn3)cc2Cl)cccc1-c1cccc(OCCCN2CCC(O)C2)c1C. The van der Waals surface area contributed by atoms with Crippen molar-refractivity contribution in [3.05, 3.63) is 130 Å². The molecule has 11 heteroatoms. The molecule has 1 fully saturated rings. The Bertz CT molecular complexity index is 2000. The van der Waals surface area contributed by atoms with Crippen LogP contribution in [0, 0.1) is 25.2 Å². The normalized spacial score (nSPS) is 14.2. The highest BCUT2D eigenvalue weighted by Gasteiger charge is 2.20. The number of ether oxygens (including phenoxy) is 3. The summed E-state index contributed by atoms with van der Waals surface area (Å²) in [7, 11) is 0. The Morgan fingerprint density at radius 1 is 0.885 bits per heavy atom. The van der Waals surface area contributed by atoms with Gasteiger partial charge in [-0.3, -0.25) is 15.0 Å². The molecule has 0 amide bonds. The Labute approximate surface area is 310 Å². The summed E-state index contributed by atoms with van der Waals surface area (Å²) in [6, 6.07) is 20.0. The van der Waals surface area contributed by atoms with E-state index in [0.717, 1.165) is 82.9 Å². The molecule has 5 aromatic rings. The molecule has 1 aliphatic rings. The lowest BCUT2D eigenvalue weighted by Crippen LogP contribution is -2.24. The van der Waals surface area contributed by atoms with E-state index in [4.69, 9.17) is 25.8 Å². The van der Waals surface area contributed by atoms with Crippen molar-refractivity contribution in [2.75, 3.05) is 26.2 Å². The van der Waals surface area contributed by atoms with Crippen molar-refractivity contribution in [1.29, 1.82) is 5.26 Å². The lowest BCUT2D eigenvalue weighted by Gasteiger charge is -2.19. The van der Waals surface area contributed by atoms with Crippen LogP contribution in [0.5, 0.6) is 17.2 Å². The summed E-state index contributed by atoms with van der Waals surface area (Å²) in [6.45, 7) is 8.95. The summed E-state index contributed by atoms with van der Waals surface area (Å²) in [5, 5.41) is 23.0. The number of hydrogen-bond acceptors (Lipinski definition) is 10. The molecule has 0 bridgehead atoms. The van der Waals surface area contributed by atoms with Crippen LogP contribution in [0.4, 0.5) is 0 Å². The molecule has 0 aliphatic carbocycles. The maximum absolute atomic E-state index is 9.80. The molecular formula is C41H43ClN6O4. The van der Waals surface area contributed by atoms with Gasteiger partial charge in [0, 0.05) is 80.9 Å². The summed E-state index contributed by atoms with van der Waals surface area (Å²) in [4.78, 5) is 14.9. The number of nitrogens with one attached hydrogen (secondary N) is 1. The Balaban J connectivity index is 1.15. The molecule has 3 heterocycles. The largest absolute Gasteiger partial charge is 0.493 e. The zero-order valence-electron chi connectivity index (χ0n) is 29.5. The topological polar surface area (TPSA) is 126 Å². The Morgan fingerprint density at radius 3 is 2.50 bits per heavy atom. The second kappa shape index (κ2) is 17.9. The van der Waals surface area contributed by atoms with E-state index >= 15 is 0 Å². The molecule has 1 unspecified atom stereocenters. The molecule has 2 N–H and O–H groups in total. The van der Waals surface area contributed by atoms with Crippen LogP contribution >= 0.6 is 11.6 Å². The van der Waals surface area contributed by atoms with E-state index in [1.54, 1.807) is 30.9 Å². The first-order valence-electron chi connectivity index (χ1n) is 17.5. The van der Waals surface area contributed by atoms with E-state index < -0.39 is 0 Å². The van der Waals surface area contributed by atoms with Gasteiger partial charge in [0.15, 0.2) is 0 Å². The van der Waals surface area contributed by atoms with Gasteiger partial charge in [-0.2, -0.15) is 5.26 Å². The lowest BCUT2D eigenvalue weighted by atomic mass is 9.93. The van der Waals surface area contributed by atoms with Gasteiger partial charge in [-0.25, -0.2) is 0 Å². The van der Waals surface area contributed by atoms with Crippen molar-refractivity contribution in [1.82, 2.24) is 25.2 Å². The van der Waals surface area contributed by atoms with Gasteiger partial charge in [-0.05, 0) is 72.7 Å². The number of pyridine rings is 1. The van der Waals surface area contributed by atoms with Gasteiger partial charge in [0.1, 0.15) is 36.5 Å². The lowest BCUT2D eigenvalue weighted by molar-refractivity contribution is 0.173. The monoisotopic (exact) mass is 718 g/mol. The predicted molar refractivity (Wildman–Crippen MR) is 200 cm³/mol. The minimum absolute atomic E-state index is 0.203. The molecule has 1 aliphatic heterocycles. The predicted octanol–water partition coefficient (Wildman–Crippen LogP) is 6.96. The molecule has 6 rings (SSSR count). The van der Waals surface area contributed by atoms with Gasteiger partial charge in [0.2, 0.25) is 0 Å². The van der Waals surface area contributed by atoms with E-state index in [2.05, 4.69) is 63.3 Å². The fourth-order valence-electron chi connectivity index (χ4n) is 6.33. The van der Waals surface area contributed by atoms with E-state index in [1.807, 2.05) is 30.3 Å². The molecule has 0 radical (unpaired) electrons. The fraction of sp³-hybridized carbons (Fsp3) is 0.317. The highest BCUT2D eigenvalue weighted by atomic mass is 35.5. The minimum atomic E-state index is -0.203. The second-order valence-electron chi connectivity index (χ2n) is 12.9. The van der Waals surface area contributed by atoms with Crippen molar-refractivity contribution in [3.8, 4) is 34.4 Å². The van der Waals surface area contributed by atoms with E-state index in [1.165, 1.54) is 6.20 Å². The van der Waals surface area contributed by atoms with Gasteiger partial charge in [-0.1, -0.05) is 41.9 Å². The quantitative estimate of drug-likeness (QED) is 0.103. The molecule has 1 atom stereocenters. The highest BCUT2D eigenvalue weighted by Crippen LogP contribution is 2.36. The molecule has 10 nitrogen and oxygen atoms in total. The summed E-state index contributed by atoms with van der Waals surface area (Å²) in [6.07, 6.45) is 9.78. The van der Waals surface area contributed by atoms with Crippen LogP contribution in [0.25, 0.3) is 11.1 Å². The van der Waals surface area contributed by atoms with Crippen LogP contribution in [0.3, 0.4) is 0 Å². The molecule has 0 saturated carbocycles. The van der Waals surface area contributed by atoms with E-state index in [0.29, 0.717) is 48.4 Å². The van der Waals surface area contributed by atoms with Crippen LogP contribution in [-0.2, 0) is 26.3 Å². The van der Waals surface area contributed by atoms with Crippen molar-refractivity contribution < 1.29 is 19.3 Å². The van der Waals surface area contributed by atoms with E-state index in [-0.39, 0.29) is 12.7 Å². The van der Waals surface area contributed by atoms with Gasteiger partial charge >= 0.3 is 0 Å². The number of hydrogen-bond donors (Lipinski definition) is 2. The number of aliphatic hydroxyl groups excluding tert-OH is 1. The van der Waals surface area contributed by atoms with Gasteiger partial charge in [0.25, 0.3) is 0 Å². The third-order valence-electron chi connectivity index (χ3n) is 9.20. The highest BCUT2D eigenvalue weighted by molar-refractivity contribution is 6.32. The summed E-state index contributed by atoms with van der Waals surface area (Å²) in [5.74, 6) is 1.98. The number of benzene rings is 3. The van der Waals surface area contributed by atoms with Crippen LogP contribution in [0.2, 0.25) is 5.02 Å². The van der Waals surface area contributed by atoms with Crippen LogP contribution in [-0.4, -0.2) is 57.3 Å². The molecule has 3 aromatic carbocycles. The standard InChI is InChI=1S/C41H43ClN6O4/c1-28-32(6-3-7-36(28)37-8-4-9-39(29(37)2)50-15-5-13-48-14-10-35(49)25-48)27-52-41-18-40(51-26-31-16-30(19-43)20-45-21-31)33(17-38(41)42)22-46-24-34-23-44-11-12-47-34/h3-4,6-9,11-12,16-18,20-21,23,35,46,49H,5,10,13-15,22,24-27H2,1-2H3. The number of aromatic nitrogens is 3. The zero-order chi connectivity index (χ0) is 36.3. The Morgan fingerprint density at radius 2 is 1.71 bits per heavy atom. The number of nitrogens with zero attached hydrogens (tertiary/aromatic N) is 5. The number of nitriles is 1. The van der Waals surface area contributed by atoms with Gasteiger partial charge in [0.05, 0.1) is 29.0 Å². The minimum Gasteiger partial charge on any atom is -0.493 e. The molecular weight excluding hydrogens is 676 g/mol. The summed E-state index contributed by atoms with van der Waals surface area (Å²) < 4.78 is 18.9.